The highest BCUT2D eigenvalue weighted by molar-refractivity contribution is 6.07. The first-order valence-electron chi connectivity index (χ1n) is 4.93. The Balaban J connectivity index is 2.77. The van der Waals surface area contributed by atoms with Crippen LogP contribution in [-0.4, -0.2) is 31.4 Å². The van der Waals surface area contributed by atoms with E-state index in [2.05, 4.69) is 0 Å². The number of carbonyl (C=O) groups excluding carboxylic acids is 3. The molecule has 1 aliphatic carbocycles. The van der Waals surface area contributed by atoms with E-state index < -0.39 is 23.3 Å². The molecular formula is C10H14O5. The average Bonchev–Trinajstić information content (AvgIpc) is 2.94. The third kappa shape index (κ3) is 1.86. The van der Waals surface area contributed by atoms with E-state index in [4.69, 9.17) is 9.47 Å². The maximum atomic E-state index is 11.5. The zero-order valence-corrected chi connectivity index (χ0v) is 8.82. The number of esters is 2. The first kappa shape index (κ1) is 11.7. The normalized spacial score (nSPS) is 21.6. The van der Waals surface area contributed by atoms with Crippen LogP contribution in [0.1, 0.15) is 20.3 Å². The minimum Gasteiger partial charge on any atom is -0.465 e. The Morgan fingerprint density at radius 3 is 2.00 bits per heavy atom. The molecule has 0 aliphatic heterocycles. The van der Waals surface area contributed by atoms with Crippen LogP contribution in [0, 0.1) is 11.3 Å². The molecule has 0 amide bonds. The molecule has 0 aromatic rings. The fourth-order valence-electron chi connectivity index (χ4n) is 1.52. The summed E-state index contributed by atoms with van der Waals surface area (Å²) in [4.78, 5) is 33.6. The van der Waals surface area contributed by atoms with Crippen molar-refractivity contribution in [2.24, 2.45) is 11.3 Å². The predicted molar refractivity (Wildman–Crippen MR) is 49.9 cm³/mol. The molecule has 1 saturated carbocycles. The Morgan fingerprint density at radius 1 is 1.27 bits per heavy atom. The zero-order chi connectivity index (χ0) is 11.5. The van der Waals surface area contributed by atoms with E-state index in [1.807, 2.05) is 0 Å². The Morgan fingerprint density at radius 2 is 1.73 bits per heavy atom. The first-order chi connectivity index (χ1) is 7.13. The number of hydrogen-bond donors (Lipinski definition) is 0. The van der Waals surface area contributed by atoms with Gasteiger partial charge in [-0.25, -0.2) is 0 Å². The second kappa shape index (κ2) is 4.42. The van der Waals surface area contributed by atoms with E-state index in [9.17, 15) is 14.4 Å². The lowest BCUT2D eigenvalue weighted by molar-refractivity contribution is -0.165. The van der Waals surface area contributed by atoms with Gasteiger partial charge in [-0.05, 0) is 20.3 Å². The van der Waals surface area contributed by atoms with Crippen LogP contribution in [-0.2, 0) is 23.9 Å². The maximum Gasteiger partial charge on any atom is 0.324 e. The third-order valence-corrected chi connectivity index (χ3v) is 2.46. The third-order valence-electron chi connectivity index (χ3n) is 2.46. The molecule has 1 atom stereocenters. The van der Waals surface area contributed by atoms with Gasteiger partial charge in [0.15, 0.2) is 5.41 Å². The van der Waals surface area contributed by atoms with Crippen molar-refractivity contribution in [1.29, 1.82) is 0 Å². The van der Waals surface area contributed by atoms with Crippen LogP contribution in [0.15, 0.2) is 0 Å². The summed E-state index contributed by atoms with van der Waals surface area (Å²) in [5, 5.41) is 0. The Kier molecular flexibility index (Phi) is 3.44. The standard InChI is InChI=1S/C10H14O5/c1-3-14-8(12)10(5-7(10)6-11)9(13)15-4-2/h6-7H,3-5H2,1-2H3. The Hall–Kier alpha value is -1.39. The second-order valence-corrected chi connectivity index (χ2v) is 3.36. The van der Waals surface area contributed by atoms with Gasteiger partial charge in [0.2, 0.25) is 0 Å². The molecule has 0 N–H and O–H groups in total. The van der Waals surface area contributed by atoms with Gasteiger partial charge in [-0.3, -0.25) is 9.59 Å². The lowest BCUT2D eigenvalue weighted by Gasteiger charge is -2.12. The monoisotopic (exact) mass is 214 g/mol. The molecule has 0 radical (unpaired) electrons. The van der Waals surface area contributed by atoms with Crippen LogP contribution < -0.4 is 0 Å². The quantitative estimate of drug-likeness (QED) is 0.374. The highest BCUT2D eigenvalue weighted by Crippen LogP contribution is 2.53. The van der Waals surface area contributed by atoms with Crippen molar-refractivity contribution in [3.05, 3.63) is 0 Å². The molecule has 5 nitrogen and oxygen atoms in total. The van der Waals surface area contributed by atoms with Gasteiger partial charge in [-0.2, -0.15) is 0 Å². The molecule has 1 unspecified atom stereocenters. The van der Waals surface area contributed by atoms with Gasteiger partial charge in [0, 0.05) is 5.92 Å². The van der Waals surface area contributed by atoms with Crippen molar-refractivity contribution in [2.75, 3.05) is 13.2 Å². The van der Waals surface area contributed by atoms with Gasteiger partial charge in [-0.15, -0.1) is 0 Å². The van der Waals surface area contributed by atoms with E-state index in [1.54, 1.807) is 13.8 Å². The number of carbonyl (C=O) groups is 3. The molecule has 0 aromatic heterocycles. The van der Waals surface area contributed by atoms with Crippen molar-refractivity contribution >= 4 is 18.2 Å². The lowest BCUT2D eigenvalue weighted by atomic mass is 10.1. The molecule has 84 valence electrons. The van der Waals surface area contributed by atoms with Gasteiger partial charge < -0.3 is 14.3 Å². The molecule has 0 spiro atoms. The average molecular weight is 214 g/mol. The van der Waals surface area contributed by atoms with E-state index in [1.165, 1.54) is 0 Å². The van der Waals surface area contributed by atoms with Crippen LogP contribution in [0.4, 0.5) is 0 Å². The van der Waals surface area contributed by atoms with Gasteiger partial charge in [0.05, 0.1) is 13.2 Å². The zero-order valence-electron chi connectivity index (χ0n) is 8.82. The van der Waals surface area contributed by atoms with Gasteiger partial charge >= 0.3 is 11.9 Å². The highest BCUT2D eigenvalue weighted by Gasteiger charge is 2.68. The van der Waals surface area contributed by atoms with Crippen molar-refractivity contribution in [2.45, 2.75) is 20.3 Å². The second-order valence-electron chi connectivity index (χ2n) is 3.36. The number of rotatable bonds is 5. The van der Waals surface area contributed by atoms with Crippen molar-refractivity contribution in [3.8, 4) is 0 Å². The number of ether oxygens (including phenoxy) is 2. The van der Waals surface area contributed by atoms with Crippen LogP contribution in [0.25, 0.3) is 0 Å². The molecule has 0 saturated heterocycles. The lowest BCUT2D eigenvalue weighted by Crippen LogP contribution is -2.32. The maximum absolute atomic E-state index is 11.5. The van der Waals surface area contributed by atoms with Crippen molar-refractivity contribution in [3.63, 3.8) is 0 Å². The Labute approximate surface area is 87.7 Å². The molecule has 1 aliphatic rings. The van der Waals surface area contributed by atoms with Gasteiger partial charge in [0.25, 0.3) is 0 Å². The van der Waals surface area contributed by atoms with Crippen LogP contribution in [0.3, 0.4) is 0 Å². The van der Waals surface area contributed by atoms with E-state index in [-0.39, 0.29) is 19.6 Å². The van der Waals surface area contributed by atoms with Gasteiger partial charge in [0.1, 0.15) is 6.29 Å². The first-order valence-corrected chi connectivity index (χ1v) is 4.93. The molecule has 1 rings (SSSR count). The van der Waals surface area contributed by atoms with E-state index in [0.29, 0.717) is 6.29 Å². The summed E-state index contributed by atoms with van der Waals surface area (Å²) < 4.78 is 9.54. The van der Waals surface area contributed by atoms with Gasteiger partial charge in [-0.1, -0.05) is 0 Å². The summed E-state index contributed by atoms with van der Waals surface area (Å²) in [5.41, 5.74) is -1.35. The highest BCUT2D eigenvalue weighted by atomic mass is 16.6. The summed E-state index contributed by atoms with van der Waals surface area (Å²) in [5.74, 6) is -1.89. The predicted octanol–water partition coefficient (Wildman–Crippen LogP) is 0.318. The minimum atomic E-state index is -1.35. The molecule has 5 heteroatoms. The van der Waals surface area contributed by atoms with Crippen LogP contribution in [0.2, 0.25) is 0 Å². The molecular weight excluding hydrogens is 200 g/mol. The summed E-state index contributed by atoms with van der Waals surface area (Å²) in [7, 11) is 0. The Bertz CT molecular complexity index is 266. The largest absolute Gasteiger partial charge is 0.465 e. The molecule has 0 bridgehead atoms. The van der Waals surface area contributed by atoms with Crippen molar-refractivity contribution in [1.82, 2.24) is 0 Å². The molecule has 0 heterocycles. The van der Waals surface area contributed by atoms with Crippen molar-refractivity contribution < 1.29 is 23.9 Å². The molecule has 15 heavy (non-hydrogen) atoms. The fourth-order valence-corrected chi connectivity index (χ4v) is 1.52. The van der Waals surface area contributed by atoms with Crippen LogP contribution >= 0.6 is 0 Å². The summed E-state index contributed by atoms with van der Waals surface area (Å²) in [6, 6.07) is 0. The minimum absolute atomic E-state index is 0.186. The smallest absolute Gasteiger partial charge is 0.324 e. The molecule has 0 aromatic carbocycles. The fraction of sp³-hybridized carbons (Fsp3) is 0.700. The summed E-state index contributed by atoms with van der Waals surface area (Å²) in [6.07, 6.45) is 0.808. The summed E-state index contributed by atoms with van der Waals surface area (Å²) >= 11 is 0. The summed E-state index contributed by atoms with van der Waals surface area (Å²) in [6.45, 7) is 3.67. The topological polar surface area (TPSA) is 69.7 Å². The van der Waals surface area contributed by atoms with E-state index >= 15 is 0 Å². The number of hydrogen-bond acceptors (Lipinski definition) is 5. The number of aldehydes is 1. The van der Waals surface area contributed by atoms with Crippen LogP contribution in [0.5, 0.6) is 0 Å². The molecule has 1 fully saturated rings. The SMILES string of the molecule is CCOC(=O)C1(C(=O)OCC)CC1C=O. The van der Waals surface area contributed by atoms with E-state index in [0.717, 1.165) is 0 Å².